The molecule has 0 aliphatic heterocycles. The highest BCUT2D eigenvalue weighted by atomic mass is 14.8. The molecule has 1 aromatic heterocycles. The second-order valence-electron chi connectivity index (χ2n) is 11.0. The van der Waals surface area contributed by atoms with Crippen molar-refractivity contribution in [1.82, 2.24) is 9.97 Å². The van der Waals surface area contributed by atoms with Crippen molar-refractivity contribution in [3.05, 3.63) is 132 Å². The highest BCUT2D eigenvalue weighted by Gasteiger charge is 2.36. The van der Waals surface area contributed by atoms with E-state index in [0.29, 0.717) is 0 Å². The van der Waals surface area contributed by atoms with Gasteiger partial charge in [0.15, 0.2) is 0 Å². The number of rotatable bonds is 2. The third kappa shape index (κ3) is 3.15. The number of hydrogen-bond donors (Lipinski definition) is 0. The minimum absolute atomic E-state index is 0.0347. The average Bonchev–Trinajstić information content (AvgIpc) is 3.23. The van der Waals surface area contributed by atoms with Crippen molar-refractivity contribution in [3.63, 3.8) is 0 Å². The molecule has 0 fully saturated rings. The largest absolute Gasteiger partial charge is 0.244 e. The number of benzene rings is 6. The Balaban J connectivity index is 1.48. The number of aromatic nitrogens is 2. The summed E-state index contributed by atoms with van der Waals surface area (Å²) in [5.74, 6) is 0. The van der Waals surface area contributed by atoms with Gasteiger partial charge in [0.1, 0.15) is 0 Å². The van der Waals surface area contributed by atoms with Gasteiger partial charge in [-0.15, -0.1) is 0 Å². The molecule has 1 heterocycles. The molecule has 0 spiro atoms. The summed E-state index contributed by atoms with van der Waals surface area (Å²) in [5, 5.41) is 4.77. The van der Waals surface area contributed by atoms with Crippen LogP contribution in [-0.4, -0.2) is 9.97 Å². The van der Waals surface area contributed by atoms with Crippen LogP contribution in [0.15, 0.2) is 121 Å². The number of nitrogens with zero attached hydrogens (tertiary/aromatic N) is 2. The lowest BCUT2D eigenvalue weighted by molar-refractivity contribution is 0.661. The molecule has 0 unspecified atom stereocenters. The summed E-state index contributed by atoms with van der Waals surface area (Å²) in [6.07, 6.45) is 0. The second kappa shape index (κ2) is 8.09. The molecule has 0 atom stereocenters. The van der Waals surface area contributed by atoms with Gasteiger partial charge in [-0.1, -0.05) is 129 Å². The molecular formula is C37H26N2. The first-order valence-electron chi connectivity index (χ1n) is 13.5. The fraction of sp³-hybridized carbons (Fsp3) is 0.0811. The number of fused-ring (bicyclic) bond motifs is 8. The van der Waals surface area contributed by atoms with Crippen LogP contribution in [0, 0.1) is 0 Å². The van der Waals surface area contributed by atoms with Gasteiger partial charge in [-0.2, -0.15) is 0 Å². The first-order chi connectivity index (χ1) is 19.1. The maximum Gasteiger partial charge on any atom is 0.0979 e. The number of hydrogen-bond acceptors (Lipinski definition) is 2. The van der Waals surface area contributed by atoms with Gasteiger partial charge in [-0.25, -0.2) is 9.97 Å². The van der Waals surface area contributed by atoms with Crippen molar-refractivity contribution in [2.45, 2.75) is 19.3 Å². The lowest BCUT2D eigenvalue weighted by atomic mass is 9.82. The molecule has 1 aliphatic rings. The molecular weight excluding hydrogens is 472 g/mol. The fourth-order valence-corrected chi connectivity index (χ4v) is 6.54. The molecule has 184 valence electrons. The lowest BCUT2D eigenvalue weighted by Gasteiger charge is -2.21. The van der Waals surface area contributed by atoms with Crippen molar-refractivity contribution in [3.8, 4) is 33.6 Å². The van der Waals surface area contributed by atoms with E-state index in [9.17, 15) is 0 Å². The molecule has 2 heteroatoms. The Hall–Kier alpha value is -4.82. The molecule has 2 nitrogen and oxygen atoms in total. The smallest absolute Gasteiger partial charge is 0.0979 e. The van der Waals surface area contributed by atoms with E-state index >= 15 is 0 Å². The zero-order chi connectivity index (χ0) is 26.1. The van der Waals surface area contributed by atoms with Crippen LogP contribution in [0.25, 0.3) is 66.2 Å². The minimum atomic E-state index is -0.0347. The van der Waals surface area contributed by atoms with Gasteiger partial charge in [0.05, 0.1) is 22.4 Å². The van der Waals surface area contributed by atoms with E-state index in [-0.39, 0.29) is 5.41 Å². The standard InChI is InChI=1S/C37H26N2/c1-37(2)30-18-9-8-15-29(30)33-27-16-10-17-28(26(27)20-21-31(33)37)36-34(24-12-4-3-5-13-24)38-32-22-19-23-11-6-7-14-25(23)35(32)39-36/h3-22H,1-2H3. The minimum Gasteiger partial charge on any atom is -0.244 e. The van der Waals surface area contributed by atoms with Gasteiger partial charge < -0.3 is 0 Å². The van der Waals surface area contributed by atoms with Crippen LogP contribution in [0.2, 0.25) is 0 Å². The van der Waals surface area contributed by atoms with E-state index in [4.69, 9.17) is 9.97 Å². The van der Waals surface area contributed by atoms with Crippen molar-refractivity contribution >= 4 is 32.6 Å². The van der Waals surface area contributed by atoms with Crippen LogP contribution >= 0.6 is 0 Å². The summed E-state index contributed by atoms with van der Waals surface area (Å²) in [7, 11) is 0. The average molecular weight is 499 g/mol. The summed E-state index contributed by atoms with van der Waals surface area (Å²) < 4.78 is 0. The Morgan fingerprint density at radius 1 is 0.487 bits per heavy atom. The maximum absolute atomic E-state index is 5.40. The van der Waals surface area contributed by atoms with Gasteiger partial charge >= 0.3 is 0 Å². The normalized spacial score (nSPS) is 13.6. The van der Waals surface area contributed by atoms with Crippen LogP contribution in [-0.2, 0) is 5.41 Å². The molecule has 0 N–H and O–H groups in total. The highest BCUT2D eigenvalue weighted by Crippen LogP contribution is 2.52. The zero-order valence-electron chi connectivity index (χ0n) is 21.9. The quantitative estimate of drug-likeness (QED) is 0.222. The van der Waals surface area contributed by atoms with Crippen LogP contribution in [0.4, 0.5) is 0 Å². The van der Waals surface area contributed by atoms with Crippen LogP contribution < -0.4 is 0 Å². The molecule has 0 saturated heterocycles. The van der Waals surface area contributed by atoms with E-state index in [1.165, 1.54) is 38.4 Å². The molecule has 39 heavy (non-hydrogen) atoms. The molecule has 8 rings (SSSR count). The van der Waals surface area contributed by atoms with Gasteiger partial charge in [0.2, 0.25) is 0 Å². The van der Waals surface area contributed by atoms with Crippen molar-refractivity contribution in [2.24, 2.45) is 0 Å². The predicted molar refractivity (Wildman–Crippen MR) is 163 cm³/mol. The van der Waals surface area contributed by atoms with Crippen molar-refractivity contribution in [2.75, 3.05) is 0 Å². The van der Waals surface area contributed by atoms with E-state index in [1.807, 2.05) is 6.07 Å². The van der Waals surface area contributed by atoms with Crippen molar-refractivity contribution in [1.29, 1.82) is 0 Å². The molecule has 7 aromatic rings. The monoisotopic (exact) mass is 498 g/mol. The van der Waals surface area contributed by atoms with Crippen LogP contribution in [0.1, 0.15) is 25.0 Å². The Morgan fingerprint density at radius 3 is 2.13 bits per heavy atom. The summed E-state index contributed by atoms with van der Waals surface area (Å²) in [6, 6.07) is 43.2. The Labute approximate surface area is 227 Å². The first-order valence-corrected chi connectivity index (χ1v) is 13.5. The summed E-state index contributed by atoms with van der Waals surface area (Å²) in [4.78, 5) is 10.7. The molecule has 0 saturated carbocycles. The molecule has 0 bridgehead atoms. The van der Waals surface area contributed by atoms with Gasteiger partial charge in [0, 0.05) is 21.9 Å². The maximum atomic E-state index is 5.40. The highest BCUT2D eigenvalue weighted by molar-refractivity contribution is 6.10. The molecule has 0 radical (unpaired) electrons. The third-order valence-electron chi connectivity index (χ3n) is 8.47. The van der Waals surface area contributed by atoms with Gasteiger partial charge in [0.25, 0.3) is 0 Å². The molecule has 1 aliphatic carbocycles. The Bertz CT molecular complexity index is 2090. The summed E-state index contributed by atoms with van der Waals surface area (Å²) in [5.41, 5.74) is 11.3. The van der Waals surface area contributed by atoms with Crippen LogP contribution in [0.5, 0.6) is 0 Å². The van der Waals surface area contributed by atoms with E-state index in [2.05, 4.69) is 129 Å². The van der Waals surface area contributed by atoms with E-state index in [1.54, 1.807) is 0 Å². The van der Waals surface area contributed by atoms with E-state index < -0.39 is 0 Å². The topological polar surface area (TPSA) is 25.8 Å². The zero-order valence-corrected chi connectivity index (χ0v) is 21.9. The Kier molecular flexibility index (Phi) is 4.60. The Morgan fingerprint density at radius 2 is 1.23 bits per heavy atom. The predicted octanol–water partition coefficient (Wildman–Crippen LogP) is 9.58. The van der Waals surface area contributed by atoms with Crippen molar-refractivity contribution < 1.29 is 0 Å². The molecule has 6 aromatic carbocycles. The van der Waals surface area contributed by atoms with Gasteiger partial charge in [-0.05, 0) is 44.5 Å². The summed E-state index contributed by atoms with van der Waals surface area (Å²) >= 11 is 0. The third-order valence-corrected chi connectivity index (χ3v) is 8.47. The lowest BCUT2D eigenvalue weighted by Crippen LogP contribution is -2.14. The van der Waals surface area contributed by atoms with Crippen LogP contribution in [0.3, 0.4) is 0 Å². The SMILES string of the molecule is CC1(C)c2ccccc2-c2c1ccc1c(-c3nc4c(ccc5ccccc54)nc3-c3ccccc3)cccc21. The van der Waals surface area contributed by atoms with Gasteiger partial charge in [-0.3, -0.25) is 0 Å². The van der Waals surface area contributed by atoms with E-state index in [0.717, 1.165) is 38.9 Å². The fourth-order valence-electron chi connectivity index (χ4n) is 6.54. The first kappa shape index (κ1) is 22.2. The second-order valence-corrected chi connectivity index (χ2v) is 11.0. The molecule has 0 amide bonds. The summed E-state index contributed by atoms with van der Waals surface area (Å²) in [6.45, 7) is 4.67.